The van der Waals surface area contributed by atoms with Crippen molar-refractivity contribution < 1.29 is 14.7 Å². The Morgan fingerprint density at radius 3 is 2.73 bits per heavy atom. The number of hydrogen-bond acceptors (Lipinski definition) is 4. The summed E-state index contributed by atoms with van der Waals surface area (Å²) in [7, 11) is 1.26. The van der Waals surface area contributed by atoms with Crippen LogP contribution in [0.15, 0.2) is 15.8 Å². The fourth-order valence-electron chi connectivity index (χ4n) is 2.93. The van der Waals surface area contributed by atoms with Gasteiger partial charge in [-0.25, -0.2) is 4.79 Å². The molecule has 1 aliphatic carbocycles. The van der Waals surface area contributed by atoms with Gasteiger partial charge in [0.25, 0.3) is 11.5 Å². The van der Waals surface area contributed by atoms with Crippen molar-refractivity contribution in [2.24, 2.45) is 13.0 Å². The number of aromatic amines is 1. The molecule has 0 bridgehead atoms. The summed E-state index contributed by atoms with van der Waals surface area (Å²) < 4.78 is 0.798. The number of carboxylic acids is 1. The van der Waals surface area contributed by atoms with E-state index in [2.05, 4.69) is 10.3 Å². The van der Waals surface area contributed by atoms with Gasteiger partial charge in [0.1, 0.15) is 5.56 Å². The van der Waals surface area contributed by atoms with Gasteiger partial charge in [0.05, 0.1) is 11.5 Å². The maximum atomic E-state index is 12.3. The highest BCUT2D eigenvalue weighted by atomic mass is 16.4. The Bertz CT molecular complexity index is 720. The van der Waals surface area contributed by atoms with Gasteiger partial charge >= 0.3 is 11.7 Å². The van der Waals surface area contributed by atoms with Gasteiger partial charge in [-0.1, -0.05) is 12.8 Å². The van der Waals surface area contributed by atoms with E-state index in [1.54, 1.807) is 6.92 Å². The van der Waals surface area contributed by atoms with Crippen LogP contribution in [0, 0.1) is 5.92 Å². The van der Waals surface area contributed by atoms with Crippen LogP contribution in [0.25, 0.3) is 0 Å². The van der Waals surface area contributed by atoms with Crippen LogP contribution in [0.5, 0.6) is 0 Å². The third-order valence-corrected chi connectivity index (χ3v) is 4.33. The lowest BCUT2D eigenvalue weighted by Crippen LogP contribution is -2.56. The van der Waals surface area contributed by atoms with E-state index in [1.165, 1.54) is 7.05 Å². The lowest BCUT2D eigenvalue weighted by molar-refractivity contribution is -0.145. The lowest BCUT2D eigenvalue weighted by atomic mass is 9.74. The second-order valence-corrected chi connectivity index (χ2v) is 5.88. The van der Waals surface area contributed by atoms with Crippen LogP contribution in [0.2, 0.25) is 0 Å². The zero-order chi connectivity index (χ0) is 16.5. The number of aliphatic carboxylic acids is 1. The van der Waals surface area contributed by atoms with Crippen molar-refractivity contribution in [3.8, 4) is 0 Å². The van der Waals surface area contributed by atoms with E-state index in [0.29, 0.717) is 12.8 Å². The second kappa shape index (κ2) is 5.78. The van der Waals surface area contributed by atoms with Crippen LogP contribution in [-0.4, -0.2) is 32.1 Å². The van der Waals surface area contributed by atoms with Crippen molar-refractivity contribution in [3.63, 3.8) is 0 Å². The van der Waals surface area contributed by atoms with E-state index in [0.717, 1.165) is 23.6 Å². The fourth-order valence-corrected chi connectivity index (χ4v) is 2.93. The van der Waals surface area contributed by atoms with E-state index in [4.69, 9.17) is 0 Å². The van der Waals surface area contributed by atoms with Crippen LogP contribution in [0.3, 0.4) is 0 Å². The highest BCUT2D eigenvalue weighted by Gasteiger charge is 2.42. The first-order valence-corrected chi connectivity index (χ1v) is 7.10. The van der Waals surface area contributed by atoms with Gasteiger partial charge in [-0.15, -0.1) is 0 Å². The Hall–Kier alpha value is -2.38. The van der Waals surface area contributed by atoms with Gasteiger partial charge in [-0.2, -0.15) is 0 Å². The lowest BCUT2D eigenvalue weighted by Gasteiger charge is -2.39. The number of aromatic nitrogens is 2. The highest BCUT2D eigenvalue weighted by molar-refractivity contribution is 5.94. The van der Waals surface area contributed by atoms with Gasteiger partial charge in [-0.05, 0) is 19.8 Å². The van der Waals surface area contributed by atoms with Crippen molar-refractivity contribution in [1.82, 2.24) is 14.9 Å². The summed E-state index contributed by atoms with van der Waals surface area (Å²) in [5.41, 5.74) is -2.46. The molecule has 120 valence electrons. The summed E-state index contributed by atoms with van der Waals surface area (Å²) in [4.78, 5) is 49.3. The average Bonchev–Trinajstić information content (AvgIpc) is 2.44. The van der Waals surface area contributed by atoms with E-state index in [9.17, 15) is 24.3 Å². The molecular weight excluding hydrogens is 290 g/mol. The molecule has 1 fully saturated rings. The summed E-state index contributed by atoms with van der Waals surface area (Å²) in [6.45, 7) is 1.68. The Morgan fingerprint density at radius 1 is 1.41 bits per heavy atom. The molecule has 0 radical (unpaired) electrons. The molecule has 8 nitrogen and oxygen atoms in total. The Labute approximate surface area is 126 Å². The number of rotatable bonds is 3. The van der Waals surface area contributed by atoms with Crippen LogP contribution in [-0.2, 0) is 11.8 Å². The Balaban J connectivity index is 2.31. The quantitative estimate of drug-likeness (QED) is 0.716. The van der Waals surface area contributed by atoms with E-state index < -0.39 is 34.6 Å². The average molecular weight is 309 g/mol. The zero-order valence-electron chi connectivity index (χ0n) is 12.5. The van der Waals surface area contributed by atoms with Crippen molar-refractivity contribution in [1.29, 1.82) is 0 Å². The monoisotopic (exact) mass is 309 g/mol. The Kier molecular flexibility index (Phi) is 4.20. The topological polar surface area (TPSA) is 121 Å². The first-order valence-electron chi connectivity index (χ1n) is 7.10. The van der Waals surface area contributed by atoms with Gasteiger partial charge in [0.2, 0.25) is 0 Å². The molecule has 0 unspecified atom stereocenters. The normalized spacial score (nSPS) is 24.7. The molecule has 0 spiro atoms. The maximum absolute atomic E-state index is 12.3. The molecule has 2 rings (SSSR count). The van der Waals surface area contributed by atoms with Gasteiger partial charge in [0, 0.05) is 13.2 Å². The number of nitrogens with zero attached hydrogens (tertiary/aromatic N) is 1. The van der Waals surface area contributed by atoms with Gasteiger partial charge in [-0.3, -0.25) is 19.0 Å². The van der Waals surface area contributed by atoms with Crippen molar-refractivity contribution in [3.05, 3.63) is 32.6 Å². The number of carboxylic acid groups (broad SMARTS) is 1. The third kappa shape index (κ3) is 2.81. The number of hydrogen-bond donors (Lipinski definition) is 3. The van der Waals surface area contributed by atoms with E-state index in [1.807, 2.05) is 0 Å². The molecule has 8 heteroatoms. The van der Waals surface area contributed by atoms with E-state index >= 15 is 0 Å². The highest BCUT2D eigenvalue weighted by Crippen LogP contribution is 2.33. The smallest absolute Gasteiger partial charge is 0.328 e. The zero-order valence-corrected chi connectivity index (χ0v) is 12.5. The number of amides is 1. The molecule has 1 saturated carbocycles. The molecule has 0 aromatic carbocycles. The number of carbonyl (C=O) groups excluding carboxylic acids is 1. The summed E-state index contributed by atoms with van der Waals surface area (Å²) >= 11 is 0. The fraction of sp³-hybridized carbons (Fsp3) is 0.571. The largest absolute Gasteiger partial charge is 0.481 e. The molecule has 1 heterocycles. The minimum Gasteiger partial charge on any atom is -0.481 e. The molecule has 0 aliphatic heterocycles. The van der Waals surface area contributed by atoms with Crippen molar-refractivity contribution in [2.75, 3.05) is 0 Å². The van der Waals surface area contributed by atoms with Gasteiger partial charge < -0.3 is 15.4 Å². The molecule has 2 atom stereocenters. The summed E-state index contributed by atoms with van der Waals surface area (Å²) in [6.07, 6.45) is 3.67. The minimum atomic E-state index is -0.961. The third-order valence-electron chi connectivity index (χ3n) is 4.33. The predicted molar refractivity (Wildman–Crippen MR) is 77.8 cm³/mol. The van der Waals surface area contributed by atoms with Crippen molar-refractivity contribution in [2.45, 2.75) is 38.1 Å². The number of carbonyl (C=O) groups is 2. The summed E-state index contributed by atoms with van der Waals surface area (Å²) in [6, 6.07) is 0. The standard InChI is InChI=1S/C14H19N3O5/c1-14(6-4-3-5-9(14)12(20)21)16-10(18)8-7-15-13(22)17(2)11(8)19/h7,9H,3-6H2,1-2H3,(H,15,22)(H,16,18)(H,20,21)/t9-,14+/m0/s1. The van der Waals surface area contributed by atoms with Crippen LogP contribution >= 0.6 is 0 Å². The SMILES string of the molecule is Cn1c(=O)[nH]cc(C(=O)N[C@]2(C)CCCC[C@H]2C(=O)O)c1=O. The second-order valence-electron chi connectivity index (χ2n) is 5.88. The predicted octanol–water partition coefficient (Wildman–Crippen LogP) is -0.163. The van der Waals surface area contributed by atoms with Crippen LogP contribution in [0.1, 0.15) is 43.0 Å². The maximum Gasteiger partial charge on any atom is 0.328 e. The molecular formula is C14H19N3O5. The van der Waals surface area contributed by atoms with Gasteiger partial charge in [0.15, 0.2) is 0 Å². The van der Waals surface area contributed by atoms with E-state index in [-0.39, 0.29) is 5.56 Å². The van der Waals surface area contributed by atoms with Crippen LogP contribution in [0.4, 0.5) is 0 Å². The molecule has 0 saturated heterocycles. The van der Waals surface area contributed by atoms with Crippen molar-refractivity contribution >= 4 is 11.9 Å². The molecule has 1 aromatic rings. The number of nitrogens with one attached hydrogen (secondary N) is 2. The minimum absolute atomic E-state index is 0.210. The van der Waals surface area contributed by atoms with Crippen LogP contribution < -0.4 is 16.6 Å². The molecule has 22 heavy (non-hydrogen) atoms. The first kappa shape index (κ1) is 16.0. The molecule has 1 aromatic heterocycles. The summed E-state index contributed by atoms with van der Waals surface area (Å²) in [5.74, 6) is -2.33. The first-order chi connectivity index (χ1) is 10.3. The summed E-state index contributed by atoms with van der Waals surface area (Å²) in [5, 5.41) is 12.0. The number of H-pyrrole nitrogens is 1. The molecule has 1 aliphatic rings. The molecule has 1 amide bonds. The Morgan fingerprint density at radius 2 is 2.09 bits per heavy atom. The molecule has 3 N–H and O–H groups in total.